The average molecular weight is 240 g/mol. The molecule has 0 amide bonds. The van der Waals surface area contributed by atoms with Crippen molar-refractivity contribution in [2.75, 3.05) is 0 Å². The molecule has 0 spiro atoms. The molecular weight excluding hydrogens is 230 g/mol. The fourth-order valence-electron chi connectivity index (χ4n) is 1.26. The molecule has 1 aliphatic heterocycles. The average Bonchev–Trinajstić information content (AvgIpc) is 2.25. The minimum atomic E-state index is -0.223. The Morgan fingerprint density at radius 2 is 2.07 bits per heavy atom. The van der Waals surface area contributed by atoms with Crippen molar-refractivity contribution in [2.24, 2.45) is 10.2 Å². The fourth-order valence-corrected chi connectivity index (χ4v) is 1.51. The predicted molar refractivity (Wildman–Crippen MR) is 64.0 cm³/mol. The molecule has 1 N–H and O–H groups in total. The van der Waals surface area contributed by atoms with E-state index in [0.717, 1.165) is 22.7 Å². The smallest absolute Gasteiger partial charge is 0.184 e. The molecule has 2 rings (SSSR count). The van der Waals surface area contributed by atoms with Crippen LogP contribution in [0.15, 0.2) is 46.4 Å². The lowest BCUT2D eigenvalue weighted by atomic mass is 10.1. The lowest BCUT2D eigenvalue weighted by Crippen LogP contribution is -2.18. The summed E-state index contributed by atoms with van der Waals surface area (Å²) in [5.74, 6) is 0. The monoisotopic (exact) mass is 239 g/mol. The number of hydrogen-bond donors (Lipinski definition) is 2. The van der Waals surface area contributed by atoms with Crippen LogP contribution in [0, 0.1) is 0 Å². The summed E-state index contributed by atoms with van der Waals surface area (Å²) in [5.41, 5.74) is 1.82. The molecule has 0 bridgehead atoms. The highest BCUT2D eigenvalue weighted by atomic mass is 35.5. The molecule has 1 unspecified atom stereocenters. The number of allylic oxidation sites excluding steroid dienone is 1. The van der Waals surface area contributed by atoms with E-state index < -0.39 is 0 Å². The van der Waals surface area contributed by atoms with Crippen molar-refractivity contribution in [1.82, 2.24) is 5.32 Å². The number of nitrogens with zero attached hydrogens (tertiary/aromatic N) is 2. The first kappa shape index (κ1) is 10.5. The molecule has 0 saturated heterocycles. The Balaban J connectivity index is 2.04. The second-order valence-corrected chi connectivity index (χ2v) is 4.12. The van der Waals surface area contributed by atoms with Gasteiger partial charge in [0.2, 0.25) is 0 Å². The predicted octanol–water partition coefficient (Wildman–Crippen LogP) is 2.99. The Hall–Kier alpha value is -1.00. The molecule has 15 heavy (non-hydrogen) atoms. The van der Waals surface area contributed by atoms with Crippen LogP contribution in [0.3, 0.4) is 0 Å². The first-order valence-corrected chi connectivity index (χ1v) is 5.42. The molecular formula is C10H10ClN3S. The SMILES string of the molecule is SC1N=NC(Cc2ccc(Cl)cc2)=CN1. The molecule has 0 saturated carbocycles. The van der Waals surface area contributed by atoms with E-state index >= 15 is 0 Å². The van der Waals surface area contributed by atoms with Gasteiger partial charge in [0.1, 0.15) is 0 Å². The molecule has 1 heterocycles. The summed E-state index contributed by atoms with van der Waals surface area (Å²) in [6.45, 7) is 0. The van der Waals surface area contributed by atoms with Gasteiger partial charge < -0.3 is 5.32 Å². The zero-order chi connectivity index (χ0) is 10.7. The zero-order valence-corrected chi connectivity index (χ0v) is 9.54. The van der Waals surface area contributed by atoms with Crippen molar-refractivity contribution in [3.05, 3.63) is 46.7 Å². The van der Waals surface area contributed by atoms with Crippen LogP contribution in [0.2, 0.25) is 5.02 Å². The number of halogens is 1. The Labute approximate surface area is 98.7 Å². The van der Waals surface area contributed by atoms with Crippen molar-refractivity contribution in [3.8, 4) is 0 Å². The Bertz CT molecular complexity index is 400. The maximum Gasteiger partial charge on any atom is 0.184 e. The molecule has 3 nitrogen and oxygen atoms in total. The lowest BCUT2D eigenvalue weighted by molar-refractivity contribution is 0.719. The van der Waals surface area contributed by atoms with E-state index in [2.05, 4.69) is 28.2 Å². The highest BCUT2D eigenvalue weighted by Gasteiger charge is 2.05. The first-order valence-electron chi connectivity index (χ1n) is 4.52. The normalized spacial score (nSPS) is 19.6. The van der Waals surface area contributed by atoms with E-state index in [9.17, 15) is 0 Å². The number of hydrogen-bond acceptors (Lipinski definition) is 4. The Morgan fingerprint density at radius 3 is 2.67 bits per heavy atom. The molecule has 1 aromatic rings. The van der Waals surface area contributed by atoms with Crippen molar-refractivity contribution >= 4 is 24.2 Å². The second kappa shape index (κ2) is 4.68. The lowest BCUT2D eigenvalue weighted by Gasteiger charge is -2.11. The minimum Gasteiger partial charge on any atom is -0.359 e. The number of rotatable bonds is 2. The van der Waals surface area contributed by atoms with Gasteiger partial charge in [-0.05, 0) is 17.7 Å². The third-order valence-electron chi connectivity index (χ3n) is 1.99. The molecule has 0 aliphatic carbocycles. The molecule has 0 fully saturated rings. The van der Waals surface area contributed by atoms with Crippen LogP contribution >= 0.6 is 24.2 Å². The molecule has 1 aromatic carbocycles. The largest absolute Gasteiger partial charge is 0.359 e. The van der Waals surface area contributed by atoms with Crippen LogP contribution in [-0.4, -0.2) is 5.50 Å². The van der Waals surface area contributed by atoms with Gasteiger partial charge in [-0.3, -0.25) is 0 Å². The van der Waals surface area contributed by atoms with Gasteiger partial charge in [0.25, 0.3) is 0 Å². The minimum absolute atomic E-state index is 0.223. The van der Waals surface area contributed by atoms with Crippen molar-refractivity contribution < 1.29 is 0 Å². The third kappa shape index (κ3) is 2.97. The van der Waals surface area contributed by atoms with Gasteiger partial charge in [-0.2, -0.15) is 10.2 Å². The standard InChI is InChI=1S/C10H10ClN3S/c11-8-3-1-7(2-4-8)5-9-6-12-10(15)14-13-9/h1-4,6,10,12,15H,5H2. The Kier molecular flexibility index (Phi) is 3.28. The van der Waals surface area contributed by atoms with E-state index in [1.807, 2.05) is 30.5 Å². The van der Waals surface area contributed by atoms with E-state index in [0.29, 0.717) is 0 Å². The van der Waals surface area contributed by atoms with Gasteiger partial charge in [-0.25, -0.2) is 0 Å². The van der Waals surface area contributed by atoms with Gasteiger partial charge in [-0.15, -0.1) is 12.6 Å². The summed E-state index contributed by atoms with van der Waals surface area (Å²) in [6, 6.07) is 7.69. The number of nitrogens with one attached hydrogen (secondary N) is 1. The third-order valence-corrected chi connectivity index (χ3v) is 2.50. The van der Waals surface area contributed by atoms with Gasteiger partial charge >= 0.3 is 0 Å². The molecule has 1 aliphatic rings. The topological polar surface area (TPSA) is 36.8 Å². The highest BCUT2D eigenvalue weighted by molar-refractivity contribution is 7.80. The summed E-state index contributed by atoms with van der Waals surface area (Å²) < 4.78 is 0. The second-order valence-electron chi connectivity index (χ2n) is 3.19. The summed E-state index contributed by atoms with van der Waals surface area (Å²) in [6.07, 6.45) is 2.58. The first-order chi connectivity index (χ1) is 7.24. The summed E-state index contributed by atoms with van der Waals surface area (Å²) in [7, 11) is 0. The van der Waals surface area contributed by atoms with Gasteiger partial charge in [-0.1, -0.05) is 23.7 Å². The summed E-state index contributed by atoms with van der Waals surface area (Å²) in [5, 5.41) is 11.7. The van der Waals surface area contributed by atoms with E-state index in [-0.39, 0.29) is 5.50 Å². The molecule has 0 radical (unpaired) electrons. The van der Waals surface area contributed by atoms with Gasteiger partial charge in [0.05, 0.1) is 5.70 Å². The maximum absolute atomic E-state index is 5.79. The molecule has 78 valence electrons. The van der Waals surface area contributed by atoms with E-state index in [1.54, 1.807) is 0 Å². The van der Waals surface area contributed by atoms with Crippen LogP contribution in [0.1, 0.15) is 5.56 Å². The number of benzene rings is 1. The quantitative estimate of drug-likeness (QED) is 0.765. The van der Waals surface area contributed by atoms with E-state index in [4.69, 9.17) is 11.6 Å². The van der Waals surface area contributed by atoms with Crippen LogP contribution in [0.4, 0.5) is 0 Å². The fraction of sp³-hybridized carbons (Fsp3) is 0.200. The summed E-state index contributed by atoms with van der Waals surface area (Å²) >= 11 is 9.90. The summed E-state index contributed by atoms with van der Waals surface area (Å²) in [4.78, 5) is 0. The zero-order valence-electron chi connectivity index (χ0n) is 7.89. The van der Waals surface area contributed by atoms with Crippen LogP contribution in [-0.2, 0) is 6.42 Å². The molecule has 0 aromatic heterocycles. The Morgan fingerprint density at radius 1 is 1.33 bits per heavy atom. The molecule has 5 heteroatoms. The number of azo groups is 1. The van der Waals surface area contributed by atoms with Crippen molar-refractivity contribution in [2.45, 2.75) is 11.9 Å². The number of thiol groups is 1. The van der Waals surface area contributed by atoms with Crippen LogP contribution in [0.5, 0.6) is 0 Å². The van der Waals surface area contributed by atoms with E-state index in [1.165, 1.54) is 0 Å². The van der Waals surface area contributed by atoms with Crippen LogP contribution in [0.25, 0.3) is 0 Å². The molecule has 1 atom stereocenters. The maximum atomic E-state index is 5.79. The van der Waals surface area contributed by atoms with Crippen LogP contribution < -0.4 is 5.32 Å². The highest BCUT2D eigenvalue weighted by Crippen LogP contribution is 2.15. The van der Waals surface area contributed by atoms with Gasteiger partial charge in [0.15, 0.2) is 5.50 Å². The van der Waals surface area contributed by atoms with Crippen molar-refractivity contribution in [1.29, 1.82) is 0 Å². The van der Waals surface area contributed by atoms with Crippen molar-refractivity contribution in [3.63, 3.8) is 0 Å². The van der Waals surface area contributed by atoms with Gasteiger partial charge in [0, 0.05) is 17.6 Å².